The molecule has 224 valence electrons. The molecule has 0 fully saturated rings. The highest BCUT2D eigenvalue weighted by molar-refractivity contribution is 5.97. The van der Waals surface area contributed by atoms with Crippen LogP contribution in [-0.4, -0.2) is 74.0 Å². The molecule has 0 spiro atoms. The Labute approximate surface area is 244 Å². The molecule has 0 saturated heterocycles. The Balaban J connectivity index is 1.51. The monoisotopic (exact) mass is 602 g/mol. The number of rotatable bonds is 10. The summed E-state index contributed by atoms with van der Waals surface area (Å²) in [5.74, 6) is -3.44. The predicted octanol–water partition coefficient (Wildman–Crippen LogP) is -0.710. The topological polar surface area (TPSA) is 302 Å². The number of H-pyrrole nitrogens is 2. The van der Waals surface area contributed by atoms with E-state index in [4.69, 9.17) is 16.6 Å². The molecule has 1 amide bonds. The number of aromatic amines is 2. The minimum absolute atomic E-state index is 0.00135. The lowest BCUT2D eigenvalue weighted by Gasteiger charge is -2.23. The van der Waals surface area contributed by atoms with E-state index in [0.29, 0.717) is 5.69 Å². The number of nitrogens with zero attached hydrogens (tertiary/aromatic N) is 7. The number of benzene rings is 1. The van der Waals surface area contributed by atoms with Crippen molar-refractivity contribution in [1.82, 2.24) is 45.2 Å². The Morgan fingerprint density at radius 1 is 0.864 bits per heavy atom. The van der Waals surface area contributed by atoms with Crippen molar-refractivity contribution in [3.8, 4) is 0 Å². The van der Waals surface area contributed by atoms with Gasteiger partial charge < -0.3 is 31.9 Å². The number of nitrogens with two attached hydrogens (primary N) is 2. The first kappa shape index (κ1) is 29.0. The van der Waals surface area contributed by atoms with Gasteiger partial charge in [-0.3, -0.25) is 29.1 Å². The van der Waals surface area contributed by atoms with E-state index in [-0.39, 0.29) is 64.3 Å². The number of nitrogens with one attached hydrogen (secondary N) is 3. The van der Waals surface area contributed by atoms with Crippen molar-refractivity contribution in [1.29, 1.82) is 0 Å². The fourth-order valence-corrected chi connectivity index (χ4v) is 4.13. The lowest BCUT2D eigenvalue weighted by Crippen LogP contribution is -2.41. The van der Waals surface area contributed by atoms with Crippen molar-refractivity contribution in [3.63, 3.8) is 0 Å². The molecular formula is C25H22N12O7. The molecule has 4 heterocycles. The largest absolute Gasteiger partial charge is 0.481 e. The lowest BCUT2D eigenvalue weighted by atomic mass is 10.1. The van der Waals surface area contributed by atoms with Crippen molar-refractivity contribution < 1.29 is 24.6 Å². The number of carboxylic acids is 2. The quantitative estimate of drug-likeness (QED) is 0.104. The zero-order valence-corrected chi connectivity index (χ0v) is 22.4. The van der Waals surface area contributed by atoms with Crippen LogP contribution in [0.2, 0.25) is 0 Å². The highest BCUT2D eigenvalue weighted by atomic mass is 16.4. The molecule has 1 atom stereocenters. The SMILES string of the molecule is Nc1nc2ncc(CN(c3ccc(C(=O)N[C@@H](CCC(=O)O)C(=O)O)cc3)c3cnc4nc(N)[nH]c(=O)c4n3)nc2c(=O)[nH]1. The van der Waals surface area contributed by atoms with Crippen LogP contribution in [0.1, 0.15) is 28.9 Å². The third-order valence-corrected chi connectivity index (χ3v) is 6.20. The number of aliphatic carboxylic acids is 2. The third-order valence-electron chi connectivity index (χ3n) is 6.20. The smallest absolute Gasteiger partial charge is 0.326 e. The summed E-state index contributed by atoms with van der Waals surface area (Å²) in [6, 6.07) is 4.43. The highest BCUT2D eigenvalue weighted by Gasteiger charge is 2.22. The van der Waals surface area contributed by atoms with Crippen molar-refractivity contribution in [3.05, 3.63) is 68.6 Å². The second-order valence-electron chi connectivity index (χ2n) is 9.27. The van der Waals surface area contributed by atoms with Gasteiger partial charge in [0.1, 0.15) is 6.04 Å². The van der Waals surface area contributed by atoms with Crippen molar-refractivity contribution in [2.75, 3.05) is 16.4 Å². The first-order valence-corrected chi connectivity index (χ1v) is 12.7. The molecule has 19 heteroatoms. The summed E-state index contributed by atoms with van der Waals surface area (Å²) in [7, 11) is 0. The van der Waals surface area contributed by atoms with Crippen LogP contribution in [0.4, 0.5) is 23.4 Å². The molecule has 9 N–H and O–H groups in total. The van der Waals surface area contributed by atoms with Gasteiger partial charge in [0.25, 0.3) is 17.0 Å². The summed E-state index contributed by atoms with van der Waals surface area (Å²) in [6.07, 6.45) is 1.95. The van der Waals surface area contributed by atoms with Gasteiger partial charge in [0.05, 0.1) is 24.6 Å². The number of fused-ring (bicyclic) bond motifs is 2. The molecule has 19 nitrogen and oxygen atoms in total. The summed E-state index contributed by atoms with van der Waals surface area (Å²) < 4.78 is 0. The second kappa shape index (κ2) is 11.8. The Kier molecular flexibility index (Phi) is 7.74. The minimum atomic E-state index is -1.41. The first-order valence-electron chi connectivity index (χ1n) is 12.7. The molecule has 4 aromatic heterocycles. The van der Waals surface area contributed by atoms with Crippen LogP contribution in [0.3, 0.4) is 0 Å². The molecule has 0 saturated carbocycles. The summed E-state index contributed by atoms with van der Waals surface area (Å²) >= 11 is 0. The van der Waals surface area contributed by atoms with E-state index in [9.17, 15) is 29.1 Å². The van der Waals surface area contributed by atoms with E-state index in [0.717, 1.165) is 0 Å². The van der Waals surface area contributed by atoms with Gasteiger partial charge in [0, 0.05) is 17.7 Å². The van der Waals surface area contributed by atoms with Crippen LogP contribution in [0.15, 0.2) is 46.2 Å². The summed E-state index contributed by atoms with van der Waals surface area (Å²) in [6.45, 7) is -0.0604. The molecule has 5 aromatic rings. The van der Waals surface area contributed by atoms with Crippen LogP contribution in [0.5, 0.6) is 0 Å². The van der Waals surface area contributed by atoms with Gasteiger partial charge in [0.2, 0.25) is 11.9 Å². The van der Waals surface area contributed by atoms with Gasteiger partial charge in [-0.1, -0.05) is 0 Å². The fraction of sp³-hybridized carbons (Fsp3) is 0.160. The Bertz CT molecular complexity index is 2040. The van der Waals surface area contributed by atoms with Crippen molar-refractivity contribution in [2.24, 2.45) is 0 Å². The number of nitrogen functional groups attached to an aromatic ring is 2. The van der Waals surface area contributed by atoms with Gasteiger partial charge in [0.15, 0.2) is 28.1 Å². The van der Waals surface area contributed by atoms with Crippen molar-refractivity contribution in [2.45, 2.75) is 25.4 Å². The predicted molar refractivity (Wildman–Crippen MR) is 153 cm³/mol. The number of anilines is 4. The van der Waals surface area contributed by atoms with Crippen LogP contribution in [-0.2, 0) is 16.1 Å². The maximum atomic E-state index is 12.8. The molecule has 5 rings (SSSR count). The first-order chi connectivity index (χ1) is 21.0. The number of hydrogen-bond donors (Lipinski definition) is 7. The number of carboxylic acid groups (broad SMARTS) is 2. The van der Waals surface area contributed by atoms with Crippen molar-refractivity contribution >= 4 is 63.6 Å². The molecule has 0 aliphatic heterocycles. The van der Waals surface area contributed by atoms with Gasteiger partial charge in [-0.2, -0.15) is 9.97 Å². The normalized spacial score (nSPS) is 11.7. The maximum Gasteiger partial charge on any atom is 0.326 e. The molecule has 0 aliphatic carbocycles. The number of carbonyl (C=O) groups is 3. The Hall–Kier alpha value is -6.53. The zero-order chi connectivity index (χ0) is 31.5. The third kappa shape index (κ3) is 6.20. The molecular weight excluding hydrogens is 580 g/mol. The van der Waals surface area contributed by atoms with E-state index in [2.05, 4.69) is 45.2 Å². The van der Waals surface area contributed by atoms with E-state index < -0.39 is 41.4 Å². The van der Waals surface area contributed by atoms with Crippen LogP contribution in [0, 0.1) is 0 Å². The van der Waals surface area contributed by atoms with Gasteiger partial charge in [-0.05, 0) is 30.7 Å². The van der Waals surface area contributed by atoms with Gasteiger partial charge >= 0.3 is 11.9 Å². The van der Waals surface area contributed by atoms with E-state index >= 15 is 0 Å². The molecule has 0 bridgehead atoms. The number of aromatic nitrogens is 8. The van der Waals surface area contributed by atoms with Crippen LogP contribution in [0.25, 0.3) is 22.3 Å². The summed E-state index contributed by atoms with van der Waals surface area (Å²) in [5.41, 5.74) is 10.6. The second-order valence-corrected chi connectivity index (χ2v) is 9.27. The fourth-order valence-electron chi connectivity index (χ4n) is 4.13. The molecule has 0 aliphatic rings. The minimum Gasteiger partial charge on any atom is -0.481 e. The molecule has 44 heavy (non-hydrogen) atoms. The standard InChI is InChI=1S/C25H22N12O7/c26-24-33-18-16(21(41)35-24)30-11(7-28-18)9-37(14-8-29-19-17(32-14)22(42)36-25(27)34-19)12-3-1-10(2-4-12)20(40)31-13(23(43)44)5-6-15(38)39/h1-4,7-8,13H,5-6,9H2,(H,31,40)(H,38,39)(H,43,44)(H3,26,28,33,35,41)(H3,27,29,34,36,42)/t13-/m0/s1. The molecule has 0 unspecified atom stereocenters. The highest BCUT2D eigenvalue weighted by Crippen LogP contribution is 2.26. The van der Waals surface area contributed by atoms with E-state index in [1.165, 1.54) is 36.7 Å². The summed E-state index contributed by atoms with van der Waals surface area (Å²) in [5, 5.41) is 20.5. The summed E-state index contributed by atoms with van der Waals surface area (Å²) in [4.78, 5) is 91.3. The Morgan fingerprint density at radius 2 is 1.45 bits per heavy atom. The van der Waals surface area contributed by atoms with Crippen LogP contribution >= 0.6 is 0 Å². The number of carbonyl (C=O) groups excluding carboxylic acids is 1. The zero-order valence-electron chi connectivity index (χ0n) is 22.4. The number of hydrogen-bond acceptors (Lipinski definition) is 14. The lowest BCUT2D eigenvalue weighted by molar-refractivity contribution is -0.140. The van der Waals surface area contributed by atoms with Crippen LogP contribution < -0.4 is 32.8 Å². The molecule has 0 radical (unpaired) electrons. The van der Waals surface area contributed by atoms with E-state index in [1.807, 2.05) is 0 Å². The average molecular weight is 603 g/mol. The van der Waals surface area contributed by atoms with E-state index in [1.54, 1.807) is 4.90 Å². The average Bonchev–Trinajstić information content (AvgIpc) is 2.98. The maximum absolute atomic E-state index is 12.8. The molecule has 1 aromatic carbocycles. The Morgan fingerprint density at radius 3 is 2.05 bits per heavy atom. The number of amides is 1. The van der Waals surface area contributed by atoms with Gasteiger partial charge in [-0.25, -0.2) is 24.7 Å². The van der Waals surface area contributed by atoms with Gasteiger partial charge in [-0.15, -0.1) is 0 Å².